The lowest BCUT2D eigenvalue weighted by molar-refractivity contribution is 0.0528. The molecule has 8 heteroatoms. The average molecular weight is 423 g/mol. The van der Waals surface area contributed by atoms with E-state index in [4.69, 9.17) is 4.74 Å². The Morgan fingerprint density at radius 3 is 2.52 bits per heavy atom. The third kappa shape index (κ3) is 3.61. The van der Waals surface area contributed by atoms with E-state index in [2.05, 4.69) is 22.1 Å². The Balaban J connectivity index is 1.95. The normalized spacial score (nSPS) is 11.1. The summed E-state index contributed by atoms with van der Waals surface area (Å²) in [5, 5.41) is 16.9. The Morgan fingerprint density at radius 1 is 1.10 bits per heavy atom. The van der Waals surface area contributed by atoms with Gasteiger partial charge >= 0.3 is 5.97 Å². The zero-order valence-electron chi connectivity index (χ0n) is 16.9. The number of rotatable bonds is 5. The van der Waals surface area contributed by atoms with Gasteiger partial charge in [0.25, 0.3) is 0 Å². The highest BCUT2D eigenvalue weighted by molar-refractivity contribution is 6.09. The zero-order chi connectivity index (χ0) is 22.1. The Morgan fingerprint density at radius 2 is 1.84 bits per heavy atom. The molecule has 4 aromatic rings. The number of aromatic amines is 1. The Bertz CT molecular complexity index is 1280. The molecule has 0 aliphatic heterocycles. The summed E-state index contributed by atoms with van der Waals surface area (Å²) >= 11 is 0. The van der Waals surface area contributed by atoms with E-state index in [0.717, 1.165) is 23.6 Å². The van der Waals surface area contributed by atoms with E-state index < -0.39 is 23.4 Å². The summed E-state index contributed by atoms with van der Waals surface area (Å²) in [5.74, 6) is -4.11. The molecule has 0 spiro atoms. The van der Waals surface area contributed by atoms with Gasteiger partial charge in [0.1, 0.15) is 0 Å². The number of phenols is 1. The Hall–Kier alpha value is -3.81. The number of aryl methyl sites for hydroxylation is 1. The Kier molecular flexibility index (Phi) is 5.37. The molecule has 2 heterocycles. The smallest absolute Gasteiger partial charge is 0.339 e. The fourth-order valence-electron chi connectivity index (χ4n) is 3.38. The van der Waals surface area contributed by atoms with Crippen molar-refractivity contribution in [3.63, 3.8) is 0 Å². The fraction of sp³-hybridized carbons (Fsp3) is 0.174. The number of ether oxygens (including phenoxy) is 1. The van der Waals surface area contributed by atoms with Gasteiger partial charge in [-0.25, -0.2) is 14.2 Å². The van der Waals surface area contributed by atoms with Crippen molar-refractivity contribution in [3.05, 3.63) is 65.2 Å². The van der Waals surface area contributed by atoms with Crippen molar-refractivity contribution in [3.8, 4) is 28.3 Å². The van der Waals surface area contributed by atoms with Crippen molar-refractivity contribution in [1.29, 1.82) is 0 Å². The van der Waals surface area contributed by atoms with Crippen molar-refractivity contribution in [2.75, 3.05) is 6.61 Å². The molecule has 2 aromatic heterocycles. The minimum Gasteiger partial charge on any atom is -0.505 e. The van der Waals surface area contributed by atoms with E-state index in [-0.39, 0.29) is 29.1 Å². The number of benzene rings is 2. The van der Waals surface area contributed by atoms with Gasteiger partial charge in [0, 0.05) is 11.1 Å². The number of carbonyl (C=O) groups is 1. The highest BCUT2D eigenvalue weighted by atomic mass is 19.2. The van der Waals surface area contributed by atoms with Crippen LogP contribution in [0.5, 0.6) is 5.75 Å². The quantitative estimate of drug-likeness (QED) is 0.440. The second-order valence-corrected chi connectivity index (χ2v) is 6.88. The van der Waals surface area contributed by atoms with Gasteiger partial charge < -0.3 is 9.84 Å². The first-order chi connectivity index (χ1) is 14.9. The van der Waals surface area contributed by atoms with Crippen LogP contribution in [-0.2, 0) is 11.2 Å². The van der Waals surface area contributed by atoms with Gasteiger partial charge in [0.15, 0.2) is 17.2 Å². The minimum atomic E-state index is -1.39. The molecule has 31 heavy (non-hydrogen) atoms. The molecular weight excluding hydrogens is 404 g/mol. The van der Waals surface area contributed by atoms with Gasteiger partial charge in [-0.2, -0.15) is 9.49 Å². The molecule has 0 saturated heterocycles. The monoisotopic (exact) mass is 423 g/mol. The van der Waals surface area contributed by atoms with Gasteiger partial charge in [-0.1, -0.05) is 31.2 Å². The van der Waals surface area contributed by atoms with Crippen LogP contribution in [0.25, 0.3) is 33.5 Å². The van der Waals surface area contributed by atoms with E-state index in [1.807, 2.05) is 24.3 Å². The molecule has 6 nitrogen and oxygen atoms in total. The average Bonchev–Trinajstić information content (AvgIpc) is 3.21. The molecular formula is C23H19F2N3O3. The Labute approximate surface area is 176 Å². The molecule has 0 aliphatic carbocycles. The van der Waals surface area contributed by atoms with Crippen LogP contribution in [0.3, 0.4) is 0 Å². The number of carbonyl (C=O) groups excluding carboxylic acids is 1. The highest BCUT2D eigenvalue weighted by Crippen LogP contribution is 2.34. The SMILES string of the molecule is CCOC(=O)c1cc(-c2ccc(O)c(F)c2F)nc2n[nH]c(-c3ccc(CC)cc3)c12. The lowest BCUT2D eigenvalue weighted by Gasteiger charge is -2.09. The van der Waals surface area contributed by atoms with Crippen LogP contribution in [0, 0.1) is 11.6 Å². The molecule has 2 aromatic carbocycles. The molecule has 0 saturated carbocycles. The summed E-state index contributed by atoms with van der Waals surface area (Å²) in [5.41, 5.74) is 2.58. The maximum Gasteiger partial charge on any atom is 0.339 e. The number of aromatic nitrogens is 3. The summed E-state index contributed by atoms with van der Waals surface area (Å²) in [4.78, 5) is 17.1. The number of nitrogens with one attached hydrogen (secondary N) is 1. The number of esters is 1. The standard InChI is InChI=1S/C23H19F2N3O3/c1-3-12-5-7-13(8-6-12)21-18-15(23(30)31-4-2)11-16(26-22(18)28-27-21)14-9-10-17(29)20(25)19(14)24/h5-11,29H,3-4H2,1-2H3,(H,26,27,28). The molecule has 0 unspecified atom stereocenters. The number of halogens is 2. The molecule has 2 N–H and O–H groups in total. The van der Waals surface area contributed by atoms with E-state index in [0.29, 0.717) is 11.1 Å². The minimum absolute atomic E-state index is 0.00802. The molecule has 158 valence electrons. The largest absolute Gasteiger partial charge is 0.505 e. The first-order valence-electron chi connectivity index (χ1n) is 9.77. The molecule has 0 bridgehead atoms. The van der Waals surface area contributed by atoms with Gasteiger partial charge in [-0.05, 0) is 37.1 Å². The van der Waals surface area contributed by atoms with Crippen molar-refractivity contribution in [2.24, 2.45) is 0 Å². The maximum absolute atomic E-state index is 14.5. The number of phenolic OH excluding ortho intramolecular Hbond substituents is 1. The number of hydrogen-bond acceptors (Lipinski definition) is 5. The fourth-order valence-corrected chi connectivity index (χ4v) is 3.38. The summed E-state index contributed by atoms with van der Waals surface area (Å²) in [6.45, 7) is 3.86. The first-order valence-corrected chi connectivity index (χ1v) is 9.77. The van der Waals surface area contributed by atoms with Crippen molar-refractivity contribution in [1.82, 2.24) is 15.2 Å². The number of fused-ring (bicyclic) bond motifs is 1. The van der Waals surface area contributed by atoms with Crippen LogP contribution in [0.4, 0.5) is 8.78 Å². The third-order valence-corrected chi connectivity index (χ3v) is 5.01. The number of hydrogen-bond donors (Lipinski definition) is 2. The molecule has 0 radical (unpaired) electrons. The van der Waals surface area contributed by atoms with Crippen LogP contribution in [0.1, 0.15) is 29.8 Å². The number of nitrogens with zero attached hydrogens (tertiary/aromatic N) is 2. The lowest BCUT2D eigenvalue weighted by atomic mass is 10.0. The van der Waals surface area contributed by atoms with Crippen LogP contribution < -0.4 is 0 Å². The maximum atomic E-state index is 14.5. The molecule has 0 amide bonds. The van der Waals surface area contributed by atoms with Gasteiger partial charge in [-0.15, -0.1) is 0 Å². The number of pyridine rings is 1. The second kappa shape index (κ2) is 8.14. The molecule has 0 atom stereocenters. The van der Waals surface area contributed by atoms with E-state index in [1.54, 1.807) is 6.92 Å². The molecule has 0 fully saturated rings. The number of aromatic hydroxyl groups is 1. The van der Waals surface area contributed by atoms with Gasteiger partial charge in [0.05, 0.1) is 28.9 Å². The van der Waals surface area contributed by atoms with Gasteiger partial charge in [0.2, 0.25) is 5.82 Å². The van der Waals surface area contributed by atoms with Crippen LogP contribution in [0.2, 0.25) is 0 Å². The van der Waals surface area contributed by atoms with Crippen molar-refractivity contribution in [2.45, 2.75) is 20.3 Å². The lowest BCUT2D eigenvalue weighted by Crippen LogP contribution is -2.07. The highest BCUT2D eigenvalue weighted by Gasteiger charge is 2.23. The van der Waals surface area contributed by atoms with Gasteiger partial charge in [-0.3, -0.25) is 5.10 Å². The molecule has 4 rings (SSSR count). The topological polar surface area (TPSA) is 88.1 Å². The van der Waals surface area contributed by atoms with Crippen LogP contribution >= 0.6 is 0 Å². The predicted molar refractivity (Wildman–Crippen MR) is 112 cm³/mol. The first kappa shape index (κ1) is 20.5. The summed E-state index contributed by atoms with van der Waals surface area (Å²) in [7, 11) is 0. The summed E-state index contributed by atoms with van der Waals surface area (Å²) in [6, 6.07) is 11.3. The van der Waals surface area contributed by atoms with Crippen LogP contribution in [-0.4, -0.2) is 32.9 Å². The van der Waals surface area contributed by atoms with Crippen molar-refractivity contribution >= 4 is 17.0 Å². The predicted octanol–water partition coefficient (Wildman–Crippen LogP) is 5.01. The third-order valence-electron chi connectivity index (χ3n) is 5.01. The second-order valence-electron chi connectivity index (χ2n) is 6.88. The number of H-pyrrole nitrogens is 1. The molecule has 0 aliphatic rings. The summed E-state index contributed by atoms with van der Waals surface area (Å²) < 4.78 is 33.5. The van der Waals surface area contributed by atoms with Crippen molar-refractivity contribution < 1.29 is 23.4 Å². The zero-order valence-corrected chi connectivity index (χ0v) is 16.9. The van der Waals surface area contributed by atoms with Crippen LogP contribution in [0.15, 0.2) is 42.5 Å². The van der Waals surface area contributed by atoms with E-state index in [1.165, 1.54) is 12.1 Å². The van der Waals surface area contributed by atoms with E-state index >= 15 is 0 Å². The van der Waals surface area contributed by atoms with E-state index in [9.17, 15) is 18.7 Å². The summed E-state index contributed by atoms with van der Waals surface area (Å²) in [6.07, 6.45) is 0.887.